The molecule has 0 heterocycles. The highest BCUT2D eigenvalue weighted by Gasteiger charge is 2.21. The van der Waals surface area contributed by atoms with Crippen LogP contribution >= 0.6 is 0 Å². The molecule has 4 amide bonds. The summed E-state index contributed by atoms with van der Waals surface area (Å²) in [6.45, 7) is 20.5. The molecule has 0 aromatic heterocycles. The number of carbonyl (C=O) groups is 4. The monoisotopic (exact) mass is 765 g/mol. The Morgan fingerprint density at radius 3 is 0.943 bits per heavy atom. The van der Waals surface area contributed by atoms with E-state index in [0.717, 1.165) is 6.42 Å². The summed E-state index contributed by atoms with van der Waals surface area (Å²) < 4.78 is 43.8. The second kappa shape index (κ2) is 34.1. The first kappa shape index (κ1) is 50.6. The van der Waals surface area contributed by atoms with Crippen LogP contribution in [-0.4, -0.2) is 156 Å². The smallest absolute Gasteiger partial charge is 0.225 e. The molecule has 0 bridgehead atoms. The zero-order valence-corrected chi connectivity index (χ0v) is 33.6. The second-order valence-electron chi connectivity index (χ2n) is 14.2. The van der Waals surface area contributed by atoms with Crippen molar-refractivity contribution in [3.8, 4) is 0 Å². The van der Waals surface area contributed by atoms with Gasteiger partial charge in [0.15, 0.2) is 0 Å². The molecule has 0 aromatic carbocycles. The predicted molar refractivity (Wildman–Crippen MR) is 201 cm³/mol. The molecule has 0 rings (SSSR count). The van der Waals surface area contributed by atoms with E-state index in [2.05, 4.69) is 21.3 Å². The molecule has 0 aliphatic carbocycles. The van der Waals surface area contributed by atoms with E-state index in [4.69, 9.17) is 37.9 Å². The summed E-state index contributed by atoms with van der Waals surface area (Å²) in [5.41, 5.74) is -0.827. The van der Waals surface area contributed by atoms with Crippen molar-refractivity contribution < 1.29 is 57.1 Å². The first-order chi connectivity index (χ1) is 25.3. The second-order valence-corrected chi connectivity index (χ2v) is 14.2. The molecule has 0 saturated carbocycles. The standard InChI is InChI=1S/C37H72N4O12/c1-36(2,3)34(44)40-14-22-52-30-28-50-20-10-32(42)38-12-7-16-46-24-26-48-18-9-19-49-27-25-47-17-8-13-39-33(43)11-21-51-29-31-53-23-15-41-35(45)37(4,5)6/h7-31H2,1-6H3,(H,38,42)(H,39,43)(H,40,44)(H,41,45). The molecule has 0 saturated heterocycles. The van der Waals surface area contributed by atoms with Gasteiger partial charge >= 0.3 is 0 Å². The van der Waals surface area contributed by atoms with Gasteiger partial charge in [0.2, 0.25) is 23.6 Å². The molecule has 16 nitrogen and oxygen atoms in total. The Balaban J connectivity index is 3.28. The maximum atomic E-state index is 11.9. The van der Waals surface area contributed by atoms with Gasteiger partial charge in [-0.1, -0.05) is 41.5 Å². The Morgan fingerprint density at radius 2 is 0.623 bits per heavy atom. The van der Waals surface area contributed by atoms with Gasteiger partial charge in [0.1, 0.15) is 0 Å². The summed E-state index contributed by atoms with van der Waals surface area (Å²) in [7, 11) is 0. The van der Waals surface area contributed by atoms with E-state index in [1.807, 2.05) is 41.5 Å². The average molecular weight is 765 g/mol. The minimum Gasteiger partial charge on any atom is -0.379 e. The molecular formula is C37H72N4O12. The van der Waals surface area contributed by atoms with Crippen molar-refractivity contribution in [3.63, 3.8) is 0 Å². The molecule has 53 heavy (non-hydrogen) atoms. The van der Waals surface area contributed by atoms with Crippen LogP contribution in [0.25, 0.3) is 0 Å². The summed E-state index contributed by atoms with van der Waals surface area (Å²) in [4.78, 5) is 47.2. The van der Waals surface area contributed by atoms with Crippen molar-refractivity contribution in [2.45, 2.75) is 73.6 Å². The van der Waals surface area contributed by atoms with Crippen LogP contribution in [0.5, 0.6) is 0 Å². The van der Waals surface area contributed by atoms with Gasteiger partial charge in [-0.25, -0.2) is 0 Å². The molecule has 16 heteroatoms. The van der Waals surface area contributed by atoms with Gasteiger partial charge in [0.25, 0.3) is 0 Å². The number of amides is 4. The fourth-order valence-electron chi connectivity index (χ4n) is 3.87. The van der Waals surface area contributed by atoms with Gasteiger partial charge in [-0.2, -0.15) is 0 Å². The minimum atomic E-state index is -0.413. The normalized spacial score (nSPS) is 11.7. The molecule has 0 aliphatic rings. The number of carbonyl (C=O) groups excluding carboxylic acids is 4. The Hall–Kier alpha value is -2.44. The van der Waals surface area contributed by atoms with Crippen LogP contribution < -0.4 is 21.3 Å². The molecular weight excluding hydrogens is 692 g/mol. The average Bonchev–Trinajstić information content (AvgIpc) is 3.10. The fraction of sp³-hybridized carbons (Fsp3) is 0.892. The zero-order valence-electron chi connectivity index (χ0n) is 33.6. The first-order valence-electron chi connectivity index (χ1n) is 19.1. The van der Waals surface area contributed by atoms with Crippen LogP contribution in [0.15, 0.2) is 0 Å². The highest BCUT2D eigenvalue weighted by molar-refractivity contribution is 5.81. The summed E-state index contributed by atoms with van der Waals surface area (Å²) in [6, 6.07) is 0. The van der Waals surface area contributed by atoms with Crippen molar-refractivity contribution in [2.75, 3.05) is 132 Å². The molecule has 4 N–H and O–H groups in total. The van der Waals surface area contributed by atoms with Crippen LogP contribution in [0.2, 0.25) is 0 Å². The van der Waals surface area contributed by atoms with Crippen molar-refractivity contribution in [2.24, 2.45) is 10.8 Å². The number of hydrogen-bond donors (Lipinski definition) is 4. The van der Waals surface area contributed by atoms with Crippen molar-refractivity contribution in [1.29, 1.82) is 0 Å². The maximum absolute atomic E-state index is 11.9. The molecule has 0 spiro atoms. The van der Waals surface area contributed by atoms with E-state index in [9.17, 15) is 19.2 Å². The van der Waals surface area contributed by atoms with Crippen LogP contribution in [0.1, 0.15) is 73.6 Å². The van der Waals surface area contributed by atoms with Gasteiger partial charge in [-0.15, -0.1) is 0 Å². The molecule has 0 atom stereocenters. The quantitative estimate of drug-likeness (QED) is 0.0676. The van der Waals surface area contributed by atoms with Crippen LogP contribution in [0.3, 0.4) is 0 Å². The van der Waals surface area contributed by atoms with Gasteiger partial charge in [-0.3, -0.25) is 19.2 Å². The van der Waals surface area contributed by atoms with E-state index < -0.39 is 10.8 Å². The first-order valence-corrected chi connectivity index (χ1v) is 19.1. The third kappa shape index (κ3) is 36.3. The number of hydrogen-bond acceptors (Lipinski definition) is 12. The Labute approximate surface area is 318 Å². The van der Waals surface area contributed by atoms with Crippen LogP contribution in [0.4, 0.5) is 0 Å². The summed E-state index contributed by atoms with van der Waals surface area (Å²) in [5.74, 6) is -0.153. The third-order valence-corrected chi connectivity index (χ3v) is 7.01. The zero-order chi connectivity index (χ0) is 39.5. The molecule has 0 radical (unpaired) electrons. The lowest BCUT2D eigenvalue weighted by Gasteiger charge is -2.17. The summed E-state index contributed by atoms with van der Waals surface area (Å²) in [5, 5.41) is 11.3. The highest BCUT2D eigenvalue weighted by atomic mass is 16.5. The van der Waals surface area contributed by atoms with Crippen molar-refractivity contribution >= 4 is 23.6 Å². The van der Waals surface area contributed by atoms with E-state index in [0.29, 0.717) is 145 Å². The van der Waals surface area contributed by atoms with Crippen molar-refractivity contribution in [3.05, 3.63) is 0 Å². The van der Waals surface area contributed by atoms with Crippen molar-refractivity contribution in [1.82, 2.24) is 21.3 Å². The number of ether oxygens (including phenoxy) is 8. The molecule has 0 aliphatic heterocycles. The molecule has 0 aromatic rings. The topological polar surface area (TPSA) is 190 Å². The van der Waals surface area contributed by atoms with Gasteiger partial charge < -0.3 is 59.2 Å². The van der Waals surface area contributed by atoms with Crippen LogP contribution in [-0.2, 0) is 57.1 Å². The highest BCUT2D eigenvalue weighted by Crippen LogP contribution is 2.12. The predicted octanol–water partition coefficient (Wildman–Crippen LogP) is 1.63. The fourth-order valence-corrected chi connectivity index (χ4v) is 3.87. The Morgan fingerprint density at radius 1 is 0.340 bits per heavy atom. The van der Waals surface area contributed by atoms with Gasteiger partial charge in [0, 0.05) is 76.3 Å². The molecule has 0 fully saturated rings. The molecule has 0 unspecified atom stereocenters. The minimum absolute atomic E-state index is 0.0106. The number of nitrogens with one attached hydrogen (secondary N) is 4. The van der Waals surface area contributed by atoms with Crippen LogP contribution in [0, 0.1) is 10.8 Å². The largest absolute Gasteiger partial charge is 0.379 e. The Bertz CT molecular complexity index is 857. The van der Waals surface area contributed by atoms with Gasteiger partial charge in [-0.05, 0) is 19.3 Å². The maximum Gasteiger partial charge on any atom is 0.225 e. The number of rotatable bonds is 36. The van der Waals surface area contributed by atoms with E-state index in [1.165, 1.54) is 0 Å². The van der Waals surface area contributed by atoms with E-state index in [1.54, 1.807) is 0 Å². The third-order valence-electron chi connectivity index (χ3n) is 7.01. The SMILES string of the molecule is CC(C)(C)C(=O)NCCOCCOCCC(=O)NCCCOCCOCCCOCCOCCCNC(=O)CCOCCOCCNC(=O)C(C)(C)C. The lowest BCUT2D eigenvalue weighted by atomic mass is 9.96. The van der Waals surface area contributed by atoms with E-state index in [-0.39, 0.29) is 36.5 Å². The van der Waals surface area contributed by atoms with E-state index >= 15 is 0 Å². The van der Waals surface area contributed by atoms with Gasteiger partial charge in [0.05, 0.1) is 79.3 Å². The summed E-state index contributed by atoms with van der Waals surface area (Å²) in [6.07, 6.45) is 2.78. The lowest BCUT2D eigenvalue weighted by Crippen LogP contribution is -2.36. The summed E-state index contributed by atoms with van der Waals surface area (Å²) >= 11 is 0. The lowest BCUT2D eigenvalue weighted by molar-refractivity contribution is -0.129. The molecule has 312 valence electrons. The Kier molecular flexibility index (Phi) is 32.5.